The zero-order valence-corrected chi connectivity index (χ0v) is 11.0. The van der Waals surface area contributed by atoms with Gasteiger partial charge in [-0.25, -0.2) is 4.79 Å². The first-order valence-corrected chi connectivity index (χ1v) is 6.06. The second-order valence-corrected chi connectivity index (χ2v) is 5.42. The van der Waals surface area contributed by atoms with Crippen LogP contribution in [0.2, 0.25) is 0 Å². The topological polar surface area (TPSA) is 41.6 Å². The molecular formula is C13H22N2O2. The van der Waals surface area contributed by atoms with Gasteiger partial charge in [0, 0.05) is 12.6 Å². The van der Waals surface area contributed by atoms with Crippen molar-refractivity contribution in [3.05, 3.63) is 0 Å². The van der Waals surface area contributed by atoms with Gasteiger partial charge in [-0.05, 0) is 40.2 Å². The van der Waals surface area contributed by atoms with E-state index in [9.17, 15) is 4.79 Å². The maximum Gasteiger partial charge on any atom is 0.407 e. The molecule has 0 radical (unpaired) electrons. The number of alkyl carbamates (subject to hydrolysis) is 1. The van der Waals surface area contributed by atoms with E-state index in [0.717, 1.165) is 25.9 Å². The molecule has 1 atom stereocenters. The van der Waals surface area contributed by atoms with Gasteiger partial charge in [0.05, 0.1) is 6.54 Å². The number of piperidine rings is 1. The fourth-order valence-corrected chi connectivity index (χ4v) is 1.92. The zero-order valence-electron chi connectivity index (χ0n) is 11.0. The Morgan fingerprint density at radius 3 is 2.88 bits per heavy atom. The lowest BCUT2D eigenvalue weighted by atomic mass is 10.1. The highest BCUT2D eigenvalue weighted by Gasteiger charge is 2.23. The minimum Gasteiger partial charge on any atom is -0.444 e. The predicted molar refractivity (Wildman–Crippen MR) is 67.7 cm³/mol. The molecule has 0 aromatic heterocycles. The van der Waals surface area contributed by atoms with Crippen LogP contribution in [0.15, 0.2) is 0 Å². The summed E-state index contributed by atoms with van der Waals surface area (Å²) >= 11 is 0. The Kier molecular flexibility index (Phi) is 4.83. The lowest BCUT2D eigenvalue weighted by molar-refractivity contribution is 0.0476. The van der Waals surface area contributed by atoms with Gasteiger partial charge in [0.1, 0.15) is 5.60 Å². The Morgan fingerprint density at radius 2 is 2.29 bits per heavy atom. The van der Waals surface area contributed by atoms with Gasteiger partial charge in [-0.3, -0.25) is 4.90 Å². The van der Waals surface area contributed by atoms with Crippen molar-refractivity contribution >= 4 is 6.09 Å². The molecule has 1 rings (SSSR count). The van der Waals surface area contributed by atoms with Crippen LogP contribution in [0.4, 0.5) is 4.79 Å². The van der Waals surface area contributed by atoms with Crippen molar-refractivity contribution in [2.24, 2.45) is 0 Å². The van der Waals surface area contributed by atoms with Crippen molar-refractivity contribution in [2.75, 3.05) is 19.6 Å². The molecule has 17 heavy (non-hydrogen) atoms. The molecule has 4 nitrogen and oxygen atoms in total. The first-order valence-electron chi connectivity index (χ1n) is 6.06. The summed E-state index contributed by atoms with van der Waals surface area (Å²) in [6.45, 7) is 8.04. The number of likely N-dealkylation sites (tertiary alicyclic amines) is 1. The number of carbonyl (C=O) groups excluding carboxylic acids is 1. The second-order valence-electron chi connectivity index (χ2n) is 5.42. The summed E-state index contributed by atoms with van der Waals surface area (Å²) in [5.41, 5.74) is -0.447. The van der Waals surface area contributed by atoms with E-state index in [1.54, 1.807) is 0 Å². The minimum atomic E-state index is -0.447. The number of carbonyl (C=O) groups is 1. The average Bonchev–Trinajstić information content (AvgIpc) is 2.15. The highest BCUT2D eigenvalue weighted by molar-refractivity contribution is 5.68. The van der Waals surface area contributed by atoms with Crippen molar-refractivity contribution in [3.8, 4) is 12.3 Å². The minimum absolute atomic E-state index is 0.145. The zero-order chi connectivity index (χ0) is 12.9. The lowest BCUT2D eigenvalue weighted by Crippen LogP contribution is -2.48. The van der Waals surface area contributed by atoms with Crippen LogP contribution in [0.25, 0.3) is 0 Å². The number of hydrogen-bond acceptors (Lipinski definition) is 3. The van der Waals surface area contributed by atoms with Crippen LogP contribution < -0.4 is 5.32 Å². The molecule has 1 N–H and O–H groups in total. The molecular weight excluding hydrogens is 216 g/mol. The third-order valence-corrected chi connectivity index (χ3v) is 2.54. The summed E-state index contributed by atoms with van der Waals surface area (Å²) in [6.07, 6.45) is 6.99. The highest BCUT2D eigenvalue weighted by Crippen LogP contribution is 2.11. The SMILES string of the molecule is C#CCN1CCCC(NC(=O)OC(C)(C)C)C1. The summed E-state index contributed by atoms with van der Waals surface area (Å²) in [5, 5.41) is 2.89. The maximum absolute atomic E-state index is 11.6. The molecule has 0 spiro atoms. The first-order chi connectivity index (χ1) is 7.90. The Labute approximate surface area is 104 Å². The van der Waals surface area contributed by atoms with Crippen molar-refractivity contribution < 1.29 is 9.53 Å². The Hall–Kier alpha value is -1.21. The third-order valence-electron chi connectivity index (χ3n) is 2.54. The van der Waals surface area contributed by atoms with Crippen molar-refractivity contribution in [1.29, 1.82) is 0 Å². The molecule has 0 bridgehead atoms. The predicted octanol–water partition coefficient (Wildman–Crippen LogP) is 1.61. The average molecular weight is 238 g/mol. The molecule has 4 heteroatoms. The van der Waals surface area contributed by atoms with E-state index < -0.39 is 5.60 Å². The van der Waals surface area contributed by atoms with Crippen LogP contribution in [0.3, 0.4) is 0 Å². The van der Waals surface area contributed by atoms with E-state index >= 15 is 0 Å². The van der Waals surface area contributed by atoms with Crippen LogP contribution in [0, 0.1) is 12.3 Å². The van der Waals surface area contributed by atoms with Crippen LogP contribution in [-0.4, -0.2) is 42.3 Å². The van der Waals surface area contributed by atoms with Gasteiger partial charge in [0.2, 0.25) is 0 Å². The number of hydrogen-bond donors (Lipinski definition) is 1. The largest absolute Gasteiger partial charge is 0.444 e. The van der Waals surface area contributed by atoms with E-state index in [1.807, 2.05) is 20.8 Å². The number of rotatable bonds is 2. The molecule has 96 valence electrons. The van der Waals surface area contributed by atoms with Crippen molar-refractivity contribution in [1.82, 2.24) is 10.2 Å². The first kappa shape index (κ1) is 13.9. The molecule has 0 saturated carbocycles. The number of amides is 1. The molecule has 1 heterocycles. The summed E-state index contributed by atoms with van der Waals surface area (Å²) in [7, 11) is 0. The molecule has 1 saturated heterocycles. The van der Waals surface area contributed by atoms with E-state index in [2.05, 4.69) is 16.1 Å². The monoisotopic (exact) mass is 238 g/mol. The standard InChI is InChI=1S/C13H22N2O2/c1-5-8-15-9-6-7-11(10-15)14-12(16)17-13(2,3)4/h1,11H,6-10H2,2-4H3,(H,14,16). The van der Waals surface area contributed by atoms with E-state index in [-0.39, 0.29) is 12.1 Å². The molecule has 0 aliphatic carbocycles. The molecule has 1 fully saturated rings. The number of terminal acetylenes is 1. The second kappa shape index (κ2) is 5.92. The number of ether oxygens (including phenoxy) is 1. The van der Waals surface area contributed by atoms with E-state index in [1.165, 1.54) is 0 Å². The normalized spacial score (nSPS) is 21.6. The van der Waals surface area contributed by atoms with Crippen LogP contribution in [0.1, 0.15) is 33.6 Å². The summed E-state index contributed by atoms with van der Waals surface area (Å²) in [6, 6.07) is 0.145. The quantitative estimate of drug-likeness (QED) is 0.743. The lowest BCUT2D eigenvalue weighted by Gasteiger charge is -2.32. The van der Waals surface area contributed by atoms with Gasteiger partial charge in [-0.1, -0.05) is 5.92 Å². The van der Waals surface area contributed by atoms with Gasteiger partial charge in [0.25, 0.3) is 0 Å². The summed E-state index contributed by atoms with van der Waals surface area (Å²) in [4.78, 5) is 13.8. The van der Waals surface area contributed by atoms with E-state index in [0.29, 0.717) is 6.54 Å². The van der Waals surface area contributed by atoms with Gasteiger partial charge in [-0.15, -0.1) is 6.42 Å². The fraction of sp³-hybridized carbons (Fsp3) is 0.769. The molecule has 0 aromatic rings. The number of nitrogens with one attached hydrogen (secondary N) is 1. The molecule has 1 aliphatic rings. The molecule has 0 aromatic carbocycles. The van der Waals surface area contributed by atoms with Crippen molar-refractivity contribution in [2.45, 2.75) is 45.3 Å². The molecule has 1 unspecified atom stereocenters. The highest BCUT2D eigenvalue weighted by atomic mass is 16.6. The number of nitrogens with zero attached hydrogens (tertiary/aromatic N) is 1. The van der Waals surface area contributed by atoms with Gasteiger partial charge < -0.3 is 10.1 Å². The maximum atomic E-state index is 11.6. The van der Waals surface area contributed by atoms with E-state index in [4.69, 9.17) is 11.2 Å². The Bertz CT molecular complexity index is 302. The third kappa shape index (κ3) is 5.60. The molecule has 1 amide bonds. The Balaban J connectivity index is 2.36. The smallest absolute Gasteiger partial charge is 0.407 e. The summed E-state index contributed by atoms with van der Waals surface area (Å²) < 4.78 is 5.23. The summed E-state index contributed by atoms with van der Waals surface area (Å²) in [5.74, 6) is 2.63. The van der Waals surface area contributed by atoms with Gasteiger partial charge >= 0.3 is 6.09 Å². The van der Waals surface area contributed by atoms with Crippen molar-refractivity contribution in [3.63, 3.8) is 0 Å². The Morgan fingerprint density at radius 1 is 1.59 bits per heavy atom. The van der Waals surface area contributed by atoms with Crippen LogP contribution in [0.5, 0.6) is 0 Å². The molecule has 1 aliphatic heterocycles. The van der Waals surface area contributed by atoms with Crippen LogP contribution >= 0.6 is 0 Å². The van der Waals surface area contributed by atoms with Gasteiger partial charge in [0.15, 0.2) is 0 Å². The fourth-order valence-electron chi connectivity index (χ4n) is 1.92. The van der Waals surface area contributed by atoms with Crippen LogP contribution in [-0.2, 0) is 4.74 Å². The van der Waals surface area contributed by atoms with Gasteiger partial charge in [-0.2, -0.15) is 0 Å².